The molecule has 3 aromatic rings. The molecule has 6 nitrogen and oxygen atoms in total. The number of rotatable bonds is 4. The van der Waals surface area contributed by atoms with Gasteiger partial charge in [-0.2, -0.15) is 5.48 Å². The molecule has 0 spiro atoms. The Bertz CT molecular complexity index is 1050. The second-order valence-electron chi connectivity index (χ2n) is 8.30. The molecule has 1 atom stereocenters. The molecule has 1 aliphatic rings. The van der Waals surface area contributed by atoms with E-state index in [-0.39, 0.29) is 17.0 Å². The Kier molecular flexibility index (Phi) is 5.22. The summed E-state index contributed by atoms with van der Waals surface area (Å²) in [4.78, 5) is 21.0. The van der Waals surface area contributed by atoms with E-state index in [9.17, 15) is 4.79 Å². The van der Waals surface area contributed by atoms with Crippen LogP contribution < -0.4 is 11.0 Å². The maximum Gasteiger partial charge on any atom is 0.256 e. The first kappa shape index (κ1) is 19.4. The van der Waals surface area contributed by atoms with E-state index in [0.29, 0.717) is 17.7 Å². The van der Waals surface area contributed by atoms with Crippen molar-refractivity contribution >= 4 is 5.57 Å². The number of benzene rings is 1. The van der Waals surface area contributed by atoms with E-state index >= 15 is 0 Å². The van der Waals surface area contributed by atoms with Crippen LogP contribution in [0.2, 0.25) is 0 Å². The van der Waals surface area contributed by atoms with Crippen molar-refractivity contribution in [3.05, 3.63) is 82.1 Å². The van der Waals surface area contributed by atoms with Crippen molar-refractivity contribution < 1.29 is 9.36 Å². The van der Waals surface area contributed by atoms with Crippen LogP contribution in [0, 0.1) is 0 Å². The Morgan fingerprint density at radius 3 is 2.55 bits per heavy atom. The van der Waals surface area contributed by atoms with Crippen molar-refractivity contribution in [1.82, 2.24) is 15.6 Å². The van der Waals surface area contributed by atoms with Crippen LogP contribution in [0.4, 0.5) is 0 Å². The highest BCUT2D eigenvalue weighted by Crippen LogP contribution is 2.28. The van der Waals surface area contributed by atoms with Gasteiger partial charge in [0.1, 0.15) is 6.26 Å². The van der Waals surface area contributed by atoms with Gasteiger partial charge in [-0.3, -0.25) is 4.79 Å². The predicted octanol–water partition coefficient (Wildman–Crippen LogP) is 4.05. The molecule has 3 heterocycles. The smallest absolute Gasteiger partial charge is 0.256 e. The summed E-state index contributed by atoms with van der Waals surface area (Å²) in [5.41, 5.74) is 8.13. The molecule has 1 aromatic carbocycles. The summed E-state index contributed by atoms with van der Waals surface area (Å²) >= 11 is 0. The fourth-order valence-electron chi connectivity index (χ4n) is 3.42. The van der Waals surface area contributed by atoms with E-state index in [1.54, 1.807) is 6.07 Å². The summed E-state index contributed by atoms with van der Waals surface area (Å²) in [6.07, 6.45) is 5.99. The zero-order valence-corrected chi connectivity index (χ0v) is 16.9. The molecule has 4 rings (SSSR count). The summed E-state index contributed by atoms with van der Waals surface area (Å²) in [7, 11) is 0. The first-order valence-corrected chi connectivity index (χ1v) is 9.75. The molecule has 29 heavy (non-hydrogen) atoms. The van der Waals surface area contributed by atoms with Gasteiger partial charge in [0.2, 0.25) is 0 Å². The Hall–Kier alpha value is -2.96. The van der Waals surface area contributed by atoms with Gasteiger partial charge in [-0.25, -0.2) is 0 Å². The lowest BCUT2D eigenvalue weighted by molar-refractivity contribution is 0.0944. The molecule has 150 valence electrons. The van der Waals surface area contributed by atoms with E-state index < -0.39 is 0 Å². The van der Waals surface area contributed by atoms with E-state index in [2.05, 4.69) is 66.7 Å². The Morgan fingerprint density at radius 2 is 1.97 bits per heavy atom. The third-order valence-electron chi connectivity index (χ3n) is 5.14. The van der Waals surface area contributed by atoms with Crippen LogP contribution in [0.5, 0.6) is 0 Å². The van der Waals surface area contributed by atoms with Crippen LogP contribution in [0.3, 0.4) is 0 Å². The van der Waals surface area contributed by atoms with Gasteiger partial charge in [-0.05, 0) is 35.1 Å². The molecule has 6 heteroatoms. The zero-order chi connectivity index (χ0) is 20.4. The van der Waals surface area contributed by atoms with Crippen LogP contribution in [-0.4, -0.2) is 22.8 Å². The topological polar surface area (TPSA) is 80.2 Å². The average molecular weight is 391 g/mol. The molecule has 0 bridgehead atoms. The first-order chi connectivity index (χ1) is 13.9. The molecule has 2 aromatic heterocycles. The second kappa shape index (κ2) is 7.81. The lowest BCUT2D eigenvalue weighted by atomic mass is 9.86. The van der Waals surface area contributed by atoms with Gasteiger partial charge in [-0.15, -0.1) is 0 Å². The van der Waals surface area contributed by atoms with Gasteiger partial charge in [0, 0.05) is 16.8 Å². The molecule has 0 amide bonds. The fourth-order valence-corrected chi connectivity index (χ4v) is 3.42. The number of hydrogen-bond acceptors (Lipinski definition) is 5. The van der Waals surface area contributed by atoms with Crippen LogP contribution in [0.25, 0.3) is 16.7 Å². The summed E-state index contributed by atoms with van der Waals surface area (Å²) < 4.78 is 4.86. The summed E-state index contributed by atoms with van der Waals surface area (Å²) in [5, 5.41) is 3.68. The lowest BCUT2D eigenvalue weighted by Gasteiger charge is -2.20. The highest BCUT2D eigenvalue weighted by Gasteiger charge is 2.18. The maximum absolute atomic E-state index is 12.7. The van der Waals surface area contributed by atoms with Crippen molar-refractivity contribution in [2.75, 3.05) is 6.61 Å². The van der Waals surface area contributed by atoms with Gasteiger partial charge >= 0.3 is 0 Å². The van der Waals surface area contributed by atoms with E-state index in [1.807, 2.05) is 6.07 Å². The number of pyridine rings is 1. The molecule has 0 saturated carbocycles. The minimum absolute atomic E-state index is 0.0812. The zero-order valence-electron chi connectivity index (χ0n) is 16.9. The van der Waals surface area contributed by atoms with Gasteiger partial charge < -0.3 is 14.3 Å². The van der Waals surface area contributed by atoms with Crippen LogP contribution in [-0.2, 0) is 10.3 Å². The highest BCUT2D eigenvalue weighted by molar-refractivity contribution is 5.79. The largest absolute Gasteiger partial charge is 0.364 e. The van der Waals surface area contributed by atoms with Crippen LogP contribution in [0.15, 0.2) is 64.3 Å². The van der Waals surface area contributed by atoms with Crippen molar-refractivity contribution in [3.63, 3.8) is 0 Å². The predicted molar refractivity (Wildman–Crippen MR) is 112 cm³/mol. The Morgan fingerprint density at radius 1 is 1.17 bits per heavy atom. The van der Waals surface area contributed by atoms with Crippen molar-refractivity contribution in [2.24, 2.45) is 0 Å². The number of aromatic amines is 1. The maximum atomic E-state index is 12.7. The van der Waals surface area contributed by atoms with E-state index in [1.165, 1.54) is 18.0 Å². The number of hydrogen-bond donors (Lipinski definition) is 2. The van der Waals surface area contributed by atoms with Crippen molar-refractivity contribution in [3.8, 4) is 11.1 Å². The van der Waals surface area contributed by atoms with Gasteiger partial charge in [0.05, 0.1) is 24.4 Å². The third-order valence-corrected chi connectivity index (χ3v) is 5.14. The van der Waals surface area contributed by atoms with Gasteiger partial charge in [-0.1, -0.05) is 56.3 Å². The molecule has 0 aliphatic carbocycles. The molecule has 2 N–H and O–H groups in total. The standard InChI is InChI=1S/C23H25N3O3/c1-23(2,3)17-6-4-15(5-7-17)20(12-18-10-11-28-26-18)21-9-8-19(22(27)25-21)16-13-24-29-14-16/h4-9,12-14,18,26H,10-11H2,1-3H3,(H,25,27)/b20-12-/t18-/m1/s1. The number of hydroxylamine groups is 1. The summed E-state index contributed by atoms with van der Waals surface area (Å²) in [5.74, 6) is 0. The van der Waals surface area contributed by atoms with Crippen LogP contribution in [0.1, 0.15) is 44.0 Å². The average Bonchev–Trinajstić information content (AvgIpc) is 3.40. The quantitative estimate of drug-likeness (QED) is 0.701. The SMILES string of the molecule is CC(C)(C)c1ccc(/C(=C/[C@H]2CCON2)c2ccc(-c3cnoc3)c(=O)[nH]2)cc1. The molecule has 1 aliphatic heterocycles. The molecular formula is C23H25N3O3. The van der Waals surface area contributed by atoms with E-state index in [4.69, 9.17) is 9.36 Å². The highest BCUT2D eigenvalue weighted by atomic mass is 16.7. The third kappa shape index (κ3) is 4.23. The van der Waals surface area contributed by atoms with Crippen molar-refractivity contribution in [2.45, 2.75) is 38.6 Å². The molecule has 1 fully saturated rings. The molecular weight excluding hydrogens is 366 g/mol. The lowest BCUT2D eigenvalue weighted by Crippen LogP contribution is -2.18. The molecule has 0 unspecified atom stereocenters. The summed E-state index contributed by atoms with van der Waals surface area (Å²) in [6, 6.07) is 12.3. The minimum Gasteiger partial charge on any atom is -0.364 e. The number of nitrogens with zero attached hydrogens (tertiary/aromatic N) is 1. The normalized spacial score (nSPS) is 17.6. The monoisotopic (exact) mass is 391 g/mol. The Balaban J connectivity index is 1.75. The first-order valence-electron chi connectivity index (χ1n) is 9.75. The number of nitrogens with one attached hydrogen (secondary N) is 2. The fraction of sp³-hybridized carbons (Fsp3) is 0.304. The Labute approximate surface area is 169 Å². The molecule has 0 radical (unpaired) electrons. The number of aromatic nitrogens is 2. The minimum atomic E-state index is -0.182. The van der Waals surface area contributed by atoms with Gasteiger partial charge in [0.15, 0.2) is 0 Å². The van der Waals surface area contributed by atoms with Crippen molar-refractivity contribution in [1.29, 1.82) is 0 Å². The molecule has 1 saturated heterocycles. The van der Waals surface area contributed by atoms with Gasteiger partial charge in [0.25, 0.3) is 5.56 Å². The van der Waals surface area contributed by atoms with E-state index in [0.717, 1.165) is 23.3 Å². The second-order valence-corrected chi connectivity index (χ2v) is 8.30. The number of H-pyrrole nitrogens is 1. The summed E-state index contributed by atoms with van der Waals surface area (Å²) in [6.45, 7) is 7.25. The van der Waals surface area contributed by atoms with Crippen LogP contribution >= 0.6 is 0 Å².